The molecule has 2 unspecified atom stereocenters. The number of carbonyl (C=O) groups excluding carboxylic acids is 5. The lowest BCUT2D eigenvalue weighted by atomic mass is 9.69. The Kier molecular flexibility index (Phi) is 22.5. The number of hydrogen-bond donors (Lipinski definition) is 1. The molecule has 1 aliphatic heterocycles. The van der Waals surface area contributed by atoms with Crippen LogP contribution in [0.25, 0.3) is 0 Å². The summed E-state index contributed by atoms with van der Waals surface area (Å²) in [7, 11) is 0. The highest BCUT2D eigenvalue weighted by Crippen LogP contribution is 2.59. The molecule has 0 spiro atoms. The predicted molar refractivity (Wildman–Crippen MR) is 267 cm³/mol. The lowest BCUT2D eigenvalue weighted by Crippen LogP contribution is -2.36. The molecule has 0 aromatic carbocycles. The van der Waals surface area contributed by atoms with Crippen LogP contribution in [0.3, 0.4) is 0 Å². The minimum atomic E-state index is -1.07. The van der Waals surface area contributed by atoms with Gasteiger partial charge in [0.25, 0.3) is 0 Å². The van der Waals surface area contributed by atoms with Crippen molar-refractivity contribution in [2.45, 2.75) is 191 Å². The van der Waals surface area contributed by atoms with Crippen LogP contribution >= 0.6 is 23.5 Å². The molecule has 5 aliphatic carbocycles. The van der Waals surface area contributed by atoms with Gasteiger partial charge in [-0.05, 0) is 145 Å². The highest BCUT2D eigenvalue weighted by atomic mass is 32.2. The SMILES string of the molecule is C=CC(=O)OCCCCCC(O)C(C(=O)OCCCCOC(=O)C=C)C1SC2=C(OC(=O)C3CCC(C4CCC(CC)CC4)CC3)CCC(OC(=O)C3CCC(C4CCC(CC)CC4)CC3)=C2S1. The van der Waals surface area contributed by atoms with Gasteiger partial charge in [-0.1, -0.05) is 72.0 Å². The molecule has 0 amide bonds. The number of aliphatic hydroxyl groups is 1. The van der Waals surface area contributed by atoms with Crippen LogP contribution in [0.15, 0.2) is 46.6 Å². The molecule has 11 nitrogen and oxygen atoms in total. The van der Waals surface area contributed by atoms with Crippen molar-refractivity contribution in [2.24, 2.45) is 53.3 Å². The summed E-state index contributed by atoms with van der Waals surface area (Å²) in [4.78, 5) is 66.6. The van der Waals surface area contributed by atoms with Gasteiger partial charge in [0.05, 0.1) is 52.2 Å². The summed E-state index contributed by atoms with van der Waals surface area (Å²) in [6.07, 6.45) is 25.6. The maximum atomic E-state index is 14.1. The molecule has 1 heterocycles. The molecule has 68 heavy (non-hydrogen) atoms. The largest absolute Gasteiger partial charge is 0.465 e. The van der Waals surface area contributed by atoms with E-state index in [1.807, 2.05) is 0 Å². The van der Waals surface area contributed by atoms with E-state index in [-0.39, 0.29) is 43.6 Å². The van der Waals surface area contributed by atoms with Gasteiger partial charge in [-0.2, -0.15) is 0 Å². The zero-order chi connectivity index (χ0) is 48.4. The molecule has 6 aliphatic rings. The smallest absolute Gasteiger partial charge is 0.330 e. The fraction of sp³-hybridized carbons (Fsp3) is 0.764. The van der Waals surface area contributed by atoms with Crippen LogP contribution in [-0.4, -0.2) is 65.5 Å². The molecule has 5 fully saturated rings. The first-order valence-corrected chi connectivity index (χ1v) is 28.4. The third-order valence-corrected chi connectivity index (χ3v) is 19.5. The molecule has 380 valence electrons. The molecule has 0 radical (unpaired) electrons. The Bertz CT molecular complexity index is 1680. The number of aliphatic hydroxyl groups excluding tert-OH is 1. The topological polar surface area (TPSA) is 152 Å². The second-order valence-electron chi connectivity index (χ2n) is 20.6. The van der Waals surface area contributed by atoms with Crippen molar-refractivity contribution in [3.8, 4) is 0 Å². The van der Waals surface area contributed by atoms with Crippen molar-refractivity contribution in [2.75, 3.05) is 19.8 Å². The highest BCUT2D eigenvalue weighted by molar-refractivity contribution is 8.25. The molecule has 2 atom stereocenters. The number of unbranched alkanes of at least 4 members (excludes halogenated alkanes) is 3. The standard InChI is InChI=1S/C55H82O11S2/c1-5-36-15-19-38(20-16-36)40-23-27-42(28-24-40)52(59)65-45-31-32-46(66-53(60)43-29-25-41(26-30-43)39-21-17-37(6-2)18-22-39)51-50(45)67-55(68-51)49(44(56)14-10-9-11-33-62-47(57)7-3)54(61)64-35-13-12-34-63-48(58)8-4/h7-8,36-44,49,55-56H,3-6,9-35H2,1-2H3. The van der Waals surface area contributed by atoms with Crippen LogP contribution in [0.4, 0.5) is 0 Å². The summed E-state index contributed by atoms with van der Waals surface area (Å²) in [5.74, 6) is 2.41. The number of rotatable bonds is 24. The van der Waals surface area contributed by atoms with Crippen LogP contribution in [0, 0.1) is 53.3 Å². The zero-order valence-electron chi connectivity index (χ0n) is 41.3. The molecule has 0 aromatic heterocycles. The molecule has 1 N–H and O–H groups in total. The number of fused-ring (bicyclic) bond motifs is 1. The Morgan fingerprint density at radius 3 is 1.34 bits per heavy atom. The van der Waals surface area contributed by atoms with E-state index < -0.39 is 34.5 Å². The summed E-state index contributed by atoms with van der Waals surface area (Å²) in [6, 6.07) is 0. The van der Waals surface area contributed by atoms with Crippen molar-refractivity contribution < 1.29 is 52.8 Å². The lowest BCUT2D eigenvalue weighted by molar-refractivity contribution is -0.152. The van der Waals surface area contributed by atoms with Crippen LogP contribution in [0.1, 0.15) is 181 Å². The van der Waals surface area contributed by atoms with Gasteiger partial charge in [-0.15, -0.1) is 23.5 Å². The number of esters is 5. The summed E-state index contributed by atoms with van der Waals surface area (Å²) >= 11 is 2.78. The Morgan fingerprint density at radius 2 is 0.941 bits per heavy atom. The normalized spacial score (nSPS) is 29.5. The Morgan fingerprint density at radius 1 is 0.559 bits per heavy atom. The number of hydrogen-bond acceptors (Lipinski definition) is 13. The van der Waals surface area contributed by atoms with Gasteiger partial charge in [0.2, 0.25) is 0 Å². The van der Waals surface area contributed by atoms with E-state index >= 15 is 0 Å². The van der Waals surface area contributed by atoms with Crippen molar-refractivity contribution in [1.29, 1.82) is 0 Å². The molecule has 0 aromatic rings. The molecule has 1 saturated heterocycles. The Labute approximate surface area is 415 Å². The van der Waals surface area contributed by atoms with Crippen LogP contribution in [0.5, 0.6) is 0 Å². The number of allylic oxidation sites excluding steroid dienone is 2. The fourth-order valence-corrected chi connectivity index (χ4v) is 15.3. The Balaban J connectivity index is 1.15. The second-order valence-corrected chi connectivity index (χ2v) is 23.2. The quantitative estimate of drug-likeness (QED) is 0.0423. The summed E-state index contributed by atoms with van der Waals surface area (Å²) in [5, 5.41) is 11.8. The summed E-state index contributed by atoms with van der Waals surface area (Å²) in [6.45, 7) is 11.9. The second kappa shape index (κ2) is 28.1. The van der Waals surface area contributed by atoms with E-state index in [4.69, 9.17) is 23.7 Å². The van der Waals surface area contributed by atoms with Crippen molar-refractivity contribution in [1.82, 2.24) is 0 Å². The first-order chi connectivity index (χ1) is 33.0. The lowest BCUT2D eigenvalue weighted by Gasteiger charge is -2.37. The van der Waals surface area contributed by atoms with E-state index in [1.165, 1.54) is 87.7 Å². The van der Waals surface area contributed by atoms with Gasteiger partial charge in [0, 0.05) is 25.0 Å². The predicted octanol–water partition coefficient (Wildman–Crippen LogP) is 12.5. The number of carbonyl (C=O) groups is 5. The van der Waals surface area contributed by atoms with Crippen LogP contribution in [-0.2, 0) is 47.7 Å². The van der Waals surface area contributed by atoms with E-state index in [1.54, 1.807) is 0 Å². The zero-order valence-corrected chi connectivity index (χ0v) is 42.9. The monoisotopic (exact) mass is 983 g/mol. The average Bonchev–Trinajstić information content (AvgIpc) is 3.82. The summed E-state index contributed by atoms with van der Waals surface area (Å²) < 4.78 is 28.2. The molecule has 13 heteroatoms. The minimum absolute atomic E-state index is 0.0754. The van der Waals surface area contributed by atoms with Crippen molar-refractivity contribution in [3.05, 3.63) is 46.6 Å². The Hall–Kier alpha value is -3.03. The fourth-order valence-electron chi connectivity index (χ4n) is 11.9. The van der Waals surface area contributed by atoms with Crippen molar-refractivity contribution in [3.63, 3.8) is 0 Å². The number of ether oxygens (including phenoxy) is 5. The first-order valence-electron chi connectivity index (χ1n) is 26.7. The third kappa shape index (κ3) is 15.7. The number of thioether (sulfide) groups is 2. The van der Waals surface area contributed by atoms with E-state index in [9.17, 15) is 29.1 Å². The van der Waals surface area contributed by atoms with Gasteiger partial charge in [-0.25, -0.2) is 9.59 Å². The summed E-state index contributed by atoms with van der Waals surface area (Å²) in [5.41, 5.74) is 0. The molecule has 6 rings (SSSR count). The maximum absolute atomic E-state index is 14.1. The van der Waals surface area contributed by atoms with Gasteiger partial charge in [0.15, 0.2) is 0 Å². The molecular weight excluding hydrogens is 901 g/mol. The van der Waals surface area contributed by atoms with E-state index in [0.717, 1.165) is 87.2 Å². The maximum Gasteiger partial charge on any atom is 0.330 e. The highest BCUT2D eigenvalue weighted by Gasteiger charge is 2.46. The van der Waals surface area contributed by atoms with Gasteiger partial charge < -0.3 is 28.8 Å². The third-order valence-electron chi connectivity index (χ3n) is 16.4. The molecule has 0 bridgehead atoms. The molecule has 4 saturated carbocycles. The van der Waals surface area contributed by atoms with Crippen molar-refractivity contribution >= 4 is 53.4 Å². The average molecular weight is 983 g/mol. The first kappa shape index (κ1) is 54.3. The molecular formula is C55H82O11S2. The van der Waals surface area contributed by atoms with Gasteiger partial charge >= 0.3 is 29.8 Å². The van der Waals surface area contributed by atoms with Crippen LogP contribution in [0.2, 0.25) is 0 Å². The van der Waals surface area contributed by atoms with Gasteiger partial charge in [-0.3, -0.25) is 14.4 Å². The van der Waals surface area contributed by atoms with Crippen LogP contribution < -0.4 is 0 Å². The minimum Gasteiger partial charge on any atom is -0.465 e. The van der Waals surface area contributed by atoms with Gasteiger partial charge in [0.1, 0.15) is 17.4 Å². The van der Waals surface area contributed by atoms with E-state index in [2.05, 4.69) is 27.0 Å². The van der Waals surface area contributed by atoms with E-state index in [0.29, 0.717) is 84.5 Å².